The minimum Gasteiger partial charge on any atom is -0.356 e. The molecule has 6 rings (SSSR count). The van der Waals surface area contributed by atoms with E-state index in [2.05, 4.69) is 131 Å². The third kappa shape index (κ3) is 4.54. The van der Waals surface area contributed by atoms with Crippen molar-refractivity contribution in [1.82, 2.24) is 9.80 Å². The van der Waals surface area contributed by atoms with Gasteiger partial charge in [0.05, 0.1) is 18.8 Å². The predicted molar refractivity (Wildman–Crippen MR) is 137 cm³/mol. The van der Waals surface area contributed by atoms with Gasteiger partial charge < -0.3 is 9.47 Å². The van der Waals surface area contributed by atoms with Crippen LogP contribution in [0.1, 0.15) is 46.5 Å². The van der Waals surface area contributed by atoms with Crippen molar-refractivity contribution in [1.29, 1.82) is 0 Å². The molecule has 0 N–H and O–H groups in total. The molecule has 2 fully saturated rings. The lowest BCUT2D eigenvalue weighted by Crippen LogP contribution is -2.38. The Morgan fingerprint density at radius 2 is 0.771 bits per heavy atom. The van der Waals surface area contributed by atoms with Crippen molar-refractivity contribution >= 4 is 0 Å². The van der Waals surface area contributed by atoms with Gasteiger partial charge in [-0.15, -0.1) is 0 Å². The maximum absolute atomic E-state index is 6.44. The van der Waals surface area contributed by atoms with Crippen molar-refractivity contribution in [3.63, 3.8) is 0 Å². The van der Waals surface area contributed by atoms with Crippen molar-refractivity contribution in [3.8, 4) is 0 Å². The summed E-state index contributed by atoms with van der Waals surface area (Å²) in [6, 6.07) is 42.9. The number of rotatable bonds is 6. The SMILES string of the molecule is c1ccc([C@H]2OCN(CN3CO[C@H](c4ccccc4)[C@@H]3c3ccccc3)[C@H]2c2ccccc2)cc1. The predicted octanol–water partition coefficient (Wildman–Crippen LogP) is 6.49. The van der Waals surface area contributed by atoms with Crippen molar-refractivity contribution in [3.05, 3.63) is 144 Å². The molecule has 0 unspecified atom stereocenters. The zero-order valence-electron chi connectivity index (χ0n) is 19.7. The molecule has 0 aromatic heterocycles. The molecule has 4 aromatic rings. The highest BCUT2D eigenvalue weighted by atomic mass is 16.5. The molecule has 0 aliphatic carbocycles. The molecule has 0 amide bonds. The van der Waals surface area contributed by atoms with Crippen molar-refractivity contribution in [2.24, 2.45) is 0 Å². The summed E-state index contributed by atoms with van der Waals surface area (Å²) in [6.07, 6.45) is -0.0237. The maximum Gasteiger partial charge on any atom is 0.104 e. The van der Waals surface area contributed by atoms with E-state index in [1.54, 1.807) is 0 Å². The Bertz CT molecular complexity index is 1110. The summed E-state index contributed by atoms with van der Waals surface area (Å²) >= 11 is 0. The Hall–Kier alpha value is -3.28. The topological polar surface area (TPSA) is 24.9 Å². The van der Waals surface area contributed by atoms with Crippen LogP contribution in [0, 0.1) is 0 Å². The van der Waals surface area contributed by atoms with E-state index in [1.165, 1.54) is 22.3 Å². The summed E-state index contributed by atoms with van der Waals surface area (Å²) in [6.45, 7) is 1.91. The van der Waals surface area contributed by atoms with Gasteiger partial charge in [-0.2, -0.15) is 0 Å². The lowest BCUT2D eigenvalue weighted by Gasteiger charge is -2.33. The average molecular weight is 463 g/mol. The average Bonchev–Trinajstić information content (AvgIpc) is 3.55. The molecule has 4 nitrogen and oxygen atoms in total. The van der Waals surface area contributed by atoms with Crippen molar-refractivity contribution in [2.45, 2.75) is 24.3 Å². The van der Waals surface area contributed by atoms with E-state index in [9.17, 15) is 0 Å². The Balaban J connectivity index is 1.32. The number of ether oxygens (including phenoxy) is 2. The Morgan fingerprint density at radius 1 is 0.457 bits per heavy atom. The van der Waals surface area contributed by atoms with Crippen LogP contribution in [0.5, 0.6) is 0 Å². The zero-order valence-corrected chi connectivity index (χ0v) is 19.7. The van der Waals surface area contributed by atoms with Gasteiger partial charge in [0.2, 0.25) is 0 Å². The first-order chi connectivity index (χ1) is 17.4. The molecule has 0 bridgehead atoms. The first-order valence-electron chi connectivity index (χ1n) is 12.3. The second kappa shape index (κ2) is 10.1. The van der Waals surface area contributed by atoms with E-state index < -0.39 is 0 Å². The summed E-state index contributed by atoms with van der Waals surface area (Å²) < 4.78 is 12.9. The van der Waals surface area contributed by atoms with Crippen LogP contribution >= 0.6 is 0 Å². The maximum atomic E-state index is 6.44. The van der Waals surface area contributed by atoms with Gasteiger partial charge in [0.25, 0.3) is 0 Å². The molecule has 4 atom stereocenters. The van der Waals surface area contributed by atoms with Gasteiger partial charge in [-0.1, -0.05) is 121 Å². The van der Waals surface area contributed by atoms with E-state index in [1.807, 2.05) is 0 Å². The smallest absolute Gasteiger partial charge is 0.104 e. The van der Waals surface area contributed by atoms with Crippen LogP contribution in [-0.2, 0) is 9.47 Å². The number of benzene rings is 4. The van der Waals surface area contributed by atoms with E-state index in [0.717, 1.165) is 6.67 Å². The first-order valence-corrected chi connectivity index (χ1v) is 12.3. The minimum absolute atomic E-state index is 0.0118. The van der Waals surface area contributed by atoms with Crippen LogP contribution in [0.3, 0.4) is 0 Å². The fourth-order valence-corrected chi connectivity index (χ4v) is 5.48. The zero-order chi connectivity index (χ0) is 23.5. The van der Waals surface area contributed by atoms with E-state index in [4.69, 9.17) is 9.47 Å². The van der Waals surface area contributed by atoms with Gasteiger partial charge in [-0.25, -0.2) is 0 Å². The van der Waals surface area contributed by atoms with Gasteiger partial charge in [-0.05, 0) is 22.3 Å². The van der Waals surface area contributed by atoms with Crippen LogP contribution < -0.4 is 0 Å². The Morgan fingerprint density at radius 3 is 1.11 bits per heavy atom. The molecule has 0 saturated carbocycles. The molecular weight excluding hydrogens is 432 g/mol. The summed E-state index contributed by atoms with van der Waals surface area (Å²) in [5.41, 5.74) is 4.97. The van der Waals surface area contributed by atoms with E-state index >= 15 is 0 Å². The third-order valence-electron chi connectivity index (χ3n) is 7.10. The Kier molecular flexibility index (Phi) is 6.43. The van der Waals surface area contributed by atoms with Gasteiger partial charge >= 0.3 is 0 Å². The molecule has 0 spiro atoms. The monoisotopic (exact) mass is 462 g/mol. The quantitative estimate of drug-likeness (QED) is 0.327. The molecule has 2 heterocycles. The second-order valence-corrected chi connectivity index (χ2v) is 9.28. The standard InChI is InChI=1S/C31H30N2O2/c1-5-13-24(14-6-1)28-30(26-17-9-3-10-18-26)34-22-32(28)21-33-23-35-31(27-19-11-4-12-20-27)29(33)25-15-7-2-8-16-25/h1-20,28-31H,21-23H2/t28-,29-,30+,31+/m0/s1. The minimum atomic E-state index is -0.0118. The fourth-order valence-electron chi connectivity index (χ4n) is 5.48. The van der Waals surface area contributed by atoms with Gasteiger partial charge in [0.1, 0.15) is 25.7 Å². The van der Waals surface area contributed by atoms with Crippen LogP contribution in [-0.4, -0.2) is 29.9 Å². The summed E-state index contributed by atoms with van der Waals surface area (Å²) in [5, 5.41) is 0. The highest BCUT2D eigenvalue weighted by molar-refractivity contribution is 5.29. The normalized spacial score (nSPS) is 25.1. The summed E-state index contributed by atoms with van der Waals surface area (Å²) in [7, 11) is 0. The summed E-state index contributed by atoms with van der Waals surface area (Å²) in [4.78, 5) is 4.89. The largest absolute Gasteiger partial charge is 0.356 e. The molecule has 4 aromatic carbocycles. The van der Waals surface area contributed by atoms with E-state index in [-0.39, 0.29) is 24.3 Å². The summed E-state index contributed by atoms with van der Waals surface area (Å²) in [5.74, 6) is 0. The van der Waals surface area contributed by atoms with Crippen LogP contribution in [0.2, 0.25) is 0 Å². The van der Waals surface area contributed by atoms with Crippen LogP contribution in [0.25, 0.3) is 0 Å². The van der Waals surface area contributed by atoms with Crippen LogP contribution in [0.4, 0.5) is 0 Å². The molecule has 2 saturated heterocycles. The number of hydrogen-bond acceptors (Lipinski definition) is 4. The molecular formula is C31H30N2O2. The lowest BCUT2D eigenvalue weighted by atomic mass is 9.94. The highest BCUT2D eigenvalue weighted by Crippen LogP contribution is 2.45. The molecule has 2 aliphatic heterocycles. The Labute approximate surface area is 207 Å². The van der Waals surface area contributed by atoms with E-state index in [0.29, 0.717) is 13.5 Å². The van der Waals surface area contributed by atoms with Crippen molar-refractivity contribution in [2.75, 3.05) is 20.1 Å². The van der Waals surface area contributed by atoms with Gasteiger partial charge in [0, 0.05) is 0 Å². The van der Waals surface area contributed by atoms with Crippen LogP contribution in [0.15, 0.2) is 121 Å². The third-order valence-corrected chi connectivity index (χ3v) is 7.10. The number of nitrogens with zero attached hydrogens (tertiary/aromatic N) is 2. The first kappa shape index (κ1) is 22.2. The van der Waals surface area contributed by atoms with Gasteiger partial charge in [0.15, 0.2) is 0 Å². The fraction of sp³-hybridized carbons (Fsp3) is 0.226. The number of hydrogen-bond donors (Lipinski definition) is 0. The molecule has 2 aliphatic rings. The molecule has 35 heavy (non-hydrogen) atoms. The van der Waals surface area contributed by atoms with Gasteiger partial charge in [-0.3, -0.25) is 9.80 Å². The highest BCUT2D eigenvalue weighted by Gasteiger charge is 2.42. The molecule has 0 radical (unpaired) electrons. The molecule has 176 valence electrons. The lowest BCUT2D eigenvalue weighted by molar-refractivity contribution is 0.0440. The second-order valence-electron chi connectivity index (χ2n) is 9.28. The van der Waals surface area contributed by atoms with Crippen molar-refractivity contribution < 1.29 is 9.47 Å². The molecule has 4 heteroatoms.